The second-order valence-corrected chi connectivity index (χ2v) is 5.51. The third kappa shape index (κ3) is 4.44. The van der Waals surface area contributed by atoms with Gasteiger partial charge in [0.25, 0.3) is 0 Å². The SMILES string of the molecule is C=C(NCc1ccc(Cl)c(C)c1)N[C@@H]1CCCNC1. The van der Waals surface area contributed by atoms with Crippen LogP contribution in [0.25, 0.3) is 0 Å². The minimum atomic E-state index is 0.487. The van der Waals surface area contributed by atoms with E-state index in [0.717, 1.165) is 36.0 Å². The summed E-state index contributed by atoms with van der Waals surface area (Å²) in [7, 11) is 0. The number of piperidine rings is 1. The first kappa shape index (κ1) is 14.2. The second kappa shape index (κ2) is 6.83. The van der Waals surface area contributed by atoms with E-state index in [0.29, 0.717) is 6.04 Å². The van der Waals surface area contributed by atoms with Crippen LogP contribution in [0.5, 0.6) is 0 Å². The lowest BCUT2D eigenvalue weighted by molar-refractivity contribution is 0.405. The van der Waals surface area contributed by atoms with Crippen molar-refractivity contribution < 1.29 is 0 Å². The molecular weight excluding hydrogens is 258 g/mol. The van der Waals surface area contributed by atoms with Crippen molar-refractivity contribution in [3.05, 3.63) is 46.7 Å². The number of aryl methyl sites for hydroxylation is 1. The molecule has 1 aromatic carbocycles. The Balaban J connectivity index is 1.77. The molecule has 1 heterocycles. The Morgan fingerprint density at radius 2 is 2.37 bits per heavy atom. The van der Waals surface area contributed by atoms with E-state index in [1.807, 2.05) is 19.1 Å². The lowest BCUT2D eigenvalue weighted by atomic mass is 10.1. The van der Waals surface area contributed by atoms with Gasteiger partial charge in [0.05, 0.1) is 5.82 Å². The monoisotopic (exact) mass is 279 g/mol. The summed E-state index contributed by atoms with van der Waals surface area (Å²) in [6.07, 6.45) is 2.43. The first-order chi connectivity index (χ1) is 9.15. The van der Waals surface area contributed by atoms with E-state index < -0.39 is 0 Å². The maximum Gasteiger partial charge on any atom is 0.0917 e. The topological polar surface area (TPSA) is 36.1 Å². The zero-order chi connectivity index (χ0) is 13.7. The first-order valence-corrected chi connectivity index (χ1v) is 7.18. The standard InChI is InChI=1S/C15H22ClN3/c1-11-8-13(5-6-15(11)16)9-18-12(2)19-14-4-3-7-17-10-14/h5-6,8,14,17-19H,2-4,7,9-10H2,1H3/t14-/m1/s1. The van der Waals surface area contributed by atoms with E-state index in [-0.39, 0.29) is 0 Å². The lowest BCUT2D eigenvalue weighted by Gasteiger charge is -2.26. The van der Waals surface area contributed by atoms with E-state index in [1.54, 1.807) is 0 Å². The molecule has 0 saturated carbocycles. The molecule has 19 heavy (non-hydrogen) atoms. The quantitative estimate of drug-likeness (QED) is 0.775. The smallest absolute Gasteiger partial charge is 0.0917 e. The highest BCUT2D eigenvalue weighted by molar-refractivity contribution is 6.31. The molecule has 1 fully saturated rings. The Labute approximate surface area is 120 Å². The highest BCUT2D eigenvalue weighted by Gasteiger charge is 2.12. The molecule has 0 amide bonds. The molecule has 0 aliphatic carbocycles. The number of benzene rings is 1. The molecular formula is C15H22ClN3. The van der Waals surface area contributed by atoms with Crippen LogP contribution in [0.2, 0.25) is 5.02 Å². The third-order valence-corrected chi connectivity index (χ3v) is 3.83. The van der Waals surface area contributed by atoms with E-state index >= 15 is 0 Å². The van der Waals surface area contributed by atoms with Gasteiger partial charge in [-0.1, -0.05) is 30.3 Å². The van der Waals surface area contributed by atoms with Gasteiger partial charge in [-0.05, 0) is 43.5 Å². The maximum absolute atomic E-state index is 6.01. The van der Waals surface area contributed by atoms with Gasteiger partial charge >= 0.3 is 0 Å². The zero-order valence-corrected chi connectivity index (χ0v) is 12.2. The summed E-state index contributed by atoms with van der Waals surface area (Å²) in [5, 5.41) is 10.9. The average molecular weight is 280 g/mol. The van der Waals surface area contributed by atoms with Crippen molar-refractivity contribution in [3.63, 3.8) is 0 Å². The molecule has 3 N–H and O–H groups in total. The number of hydrogen-bond acceptors (Lipinski definition) is 3. The Kier molecular flexibility index (Phi) is 5.11. The predicted octanol–water partition coefficient (Wildman–Crippen LogP) is 2.55. The fraction of sp³-hybridized carbons (Fsp3) is 0.467. The van der Waals surface area contributed by atoms with E-state index in [4.69, 9.17) is 11.6 Å². The molecule has 104 valence electrons. The van der Waals surface area contributed by atoms with Crippen LogP contribution in [0, 0.1) is 6.92 Å². The molecule has 0 unspecified atom stereocenters. The van der Waals surface area contributed by atoms with E-state index in [2.05, 4.69) is 28.6 Å². The summed E-state index contributed by atoms with van der Waals surface area (Å²) >= 11 is 6.01. The van der Waals surface area contributed by atoms with Crippen LogP contribution >= 0.6 is 11.6 Å². The minimum Gasteiger partial charge on any atom is -0.368 e. The summed E-state index contributed by atoms with van der Waals surface area (Å²) in [5.74, 6) is 0.890. The van der Waals surface area contributed by atoms with Crippen molar-refractivity contribution in [3.8, 4) is 0 Å². The Morgan fingerprint density at radius 1 is 1.53 bits per heavy atom. The van der Waals surface area contributed by atoms with Crippen LogP contribution in [0.3, 0.4) is 0 Å². The Hall–Kier alpha value is -1.19. The normalized spacial score (nSPS) is 18.9. The van der Waals surface area contributed by atoms with Gasteiger partial charge in [-0.3, -0.25) is 0 Å². The highest BCUT2D eigenvalue weighted by Crippen LogP contribution is 2.16. The van der Waals surface area contributed by atoms with E-state index in [1.165, 1.54) is 18.4 Å². The van der Waals surface area contributed by atoms with Crippen molar-refractivity contribution in [1.29, 1.82) is 0 Å². The summed E-state index contributed by atoms with van der Waals surface area (Å²) in [4.78, 5) is 0. The summed E-state index contributed by atoms with van der Waals surface area (Å²) in [5.41, 5.74) is 2.32. The minimum absolute atomic E-state index is 0.487. The molecule has 2 rings (SSSR count). The highest BCUT2D eigenvalue weighted by atomic mass is 35.5. The third-order valence-electron chi connectivity index (χ3n) is 3.40. The van der Waals surface area contributed by atoms with Crippen molar-refractivity contribution in [2.45, 2.75) is 32.4 Å². The Morgan fingerprint density at radius 3 is 3.05 bits per heavy atom. The maximum atomic E-state index is 6.01. The second-order valence-electron chi connectivity index (χ2n) is 5.10. The van der Waals surface area contributed by atoms with Crippen molar-refractivity contribution in [2.24, 2.45) is 0 Å². The number of nitrogens with one attached hydrogen (secondary N) is 3. The van der Waals surface area contributed by atoms with Crippen LogP contribution in [-0.4, -0.2) is 19.1 Å². The van der Waals surface area contributed by atoms with Crippen LogP contribution in [0.4, 0.5) is 0 Å². The summed E-state index contributed by atoms with van der Waals surface area (Å²) in [6.45, 7) is 8.96. The Bertz CT molecular complexity index is 439. The van der Waals surface area contributed by atoms with Gasteiger partial charge in [0.15, 0.2) is 0 Å². The van der Waals surface area contributed by atoms with E-state index in [9.17, 15) is 0 Å². The molecule has 3 nitrogen and oxygen atoms in total. The molecule has 0 aromatic heterocycles. The van der Waals surface area contributed by atoms with Gasteiger partial charge < -0.3 is 16.0 Å². The number of halogens is 1. The largest absolute Gasteiger partial charge is 0.368 e. The van der Waals surface area contributed by atoms with Gasteiger partial charge in [-0.25, -0.2) is 0 Å². The molecule has 4 heteroatoms. The van der Waals surface area contributed by atoms with Gasteiger partial charge in [-0.2, -0.15) is 0 Å². The number of rotatable bonds is 5. The van der Waals surface area contributed by atoms with Crippen molar-refractivity contribution in [2.75, 3.05) is 13.1 Å². The summed E-state index contributed by atoms with van der Waals surface area (Å²) < 4.78 is 0. The molecule has 1 aliphatic heterocycles. The van der Waals surface area contributed by atoms with Crippen molar-refractivity contribution in [1.82, 2.24) is 16.0 Å². The van der Waals surface area contributed by atoms with Crippen LogP contribution < -0.4 is 16.0 Å². The molecule has 0 spiro atoms. The van der Waals surface area contributed by atoms with Gasteiger partial charge in [0.1, 0.15) is 0 Å². The molecule has 1 saturated heterocycles. The van der Waals surface area contributed by atoms with Crippen LogP contribution in [0.15, 0.2) is 30.6 Å². The van der Waals surface area contributed by atoms with Gasteiger partial charge in [0.2, 0.25) is 0 Å². The fourth-order valence-corrected chi connectivity index (χ4v) is 2.42. The lowest BCUT2D eigenvalue weighted by Crippen LogP contribution is -2.44. The van der Waals surface area contributed by atoms with Gasteiger partial charge in [-0.15, -0.1) is 0 Å². The average Bonchev–Trinajstić information content (AvgIpc) is 2.41. The van der Waals surface area contributed by atoms with Gasteiger partial charge in [0, 0.05) is 24.2 Å². The molecule has 0 radical (unpaired) electrons. The summed E-state index contributed by atoms with van der Waals surface area (Å²) in [6, 6.07) is 6.57. The molecule has 1 atom stereocenters. The predicted molar refractivity (Wildman–Crippen MR) is 81.2 cm³/mol. The van der Waals surface area contributed by atoms with Crippen molar-refractivity contribution >= 4 is 11.6 Å². The molecule has 1 aliphatic rings. The number of hydrogen-bond donors (Lipinski definition) is 3. The van der Waals surface area contributed by atoms with Crippen LogP contribution in [-0.2, 0) is 6.54 Å². The molecule has 0 bridgehead atoms. The van der Waals surface area contributed by atoms with Crippen LogP contribution in [0.1, 0.15) is 24.0 Å². The first-order valence-electron chi connectivity index (χ1n) is 6.80. The fourth-order valence-electron chi connectivity index (χ4n) is 2.30. The zero-order valence-electron chi connectivity index (χ0n) is 11.4. The molecule has 1 aromatic rings.